The molecule has 3 N–H and O–H groups in total. The lowest BCUT2D eigenvalue weighted by Gasteiger charge is -2.07. The van der Waals surface area contributed by atoms with E-state index in [-0.39, 0.29) is 27.8 Å². The third-order valence-corrected chi connectivity index (χ3v) is 4.14. The molecule has 1 aliphatic rings. The molecular formula is C18H9F6N3O4. The number of aromatic amines is 1. The second-order valence-corrected chi connectivity index (χ2v) is 6.18. The van der Waals surface area contributed by atoms with E-state index in [1.54, 1.807) is 0 Å². The summed E-state index contributed by atoms with van der Waals surface area (Å²) in [6.07, 6.45) is -8.94. The Hall–Kier alpha value is -3.90. The van der Waals surface area contributed by atoms with E-state index >= 15 is 0 Å². The van der Waals surface area contributed by atoms with Gasteiger partial charge in [0.1, 0.15) is 0 Å². The summed E-state index contributed by atoms with van der Waals surface area (Å²) in [6, 6.07) is 5.26. The average Bonchev–Trinajstić information content (AvgIpc) is 3.21. The van der Waals surface area contributed by atoms with Crippen LogP contribution in [-0.4, -0.2) is 33.0 Å². The molecule has 1 amide bonds. The first kappa shape index (κ1) is 21.8. The van der Waals surface area contributed by atoms with Crippen LogP contribution in [0.4, 0.5) is 32.0 Å². The summed E-state index contributed by atoms with van der Waals surface area (Å²) < 4.78 is 73.8. The van der Waals surface area contributed by atoms with Crippen molar-refractivity contribution in [3.63, 3.8) is 0 Å². The second-order valence-electron chi connectivity index (χ2n) is 6.18. The fraction of sp³-hybridized carbons (Fsp3) is 0.111. The molecule has 0 saturated heterocycles. The number of H-pyrrole nitrogens is 1. The van der Waals surface area contributed by atoms with Gasteiger partial charge in [-0.05, 0) is 36.4 Å². The van der Waals surface area contributed by atoms with Crippen molar-refractivity contribution in [2.75, 3.05) is 5.32 Å². The van der Waals surface area contributed by atoms with E-state index in [4.69, 9.17) is 5.11 Å². The summed E-state index contributed by atoms with van der Waals surface area (Å²) in [5, 5.41) is 16.6. The number of ketones is 1. The van der Waals surface area contributed by atoms with Gasteiger partial charge in [-0.1, -0.05) is 0 Å². The molecule has 3 aromatic rings. The zero-order valence-corrected chi connectivity index (χ0v) is 14.9. The van der Waals surface area contributed by atoms with Crippen LogP contribution in [0.3, 0.4) is 0 Å². The molecule has 0 atom stereocenters. The van der Waals surface area contributed by atoms with Crippen molar-refractivity contribution in [3.05, 3.63) is 58.8 Å². The summed E-state index contributed by atoms with van der Waals surface area (Å²) >= 11 is 0. The van der Waals surface area contributed by atoms with Gasteiger partial charge in [0.05, 0.1) is 27.9 Å². The average molecular weight is 445 g/mol. The summed E-state index contributed by atoms with van der Waals surface area (Å²) in [7, 11) is 0. The molecule has 7 nitrogen and oxygen atoms in total. The standard InChI is InChI=1S/C9H5F3N2O2.C9H4F3NO2/c10-9(11,12)4-1-2-5-6(3-4)13-14-7(5)8(15)16;10-9(11,12)4-1-2-5-6(3-4)13-8(15)7(5)14/h1-3H,(H,13,14)(H,15,16);1-3H,(H,13,14,15). The van der Waals surface area contributed by atoms with Crippen LogP contribution in [0.5, 0.6) is 0 Å². The Kier molecular flexibility index (Phi) is 5.21. The SMILES string of the molecule is O=C(O)c1n[nH]c2cc(C(F)(F)F)ccc12.O=C1Nc2cc(C(F)(F)F)ccc2C1=O. The first-order chi connectivity index (χ1) is 14.3. The van der Waals surface area contributed by atoms with Gasteiger partial charge >= 0.3 is 18.3 Å². The second kappa shape index (κ2) is 7.41. The number of aromatic carboxylic acids is 1. The van der Waals surface area contributed by atoms with Gasteiger partial charge in [-0.15, -0.1) is 0 Å². The number of aromatic nitrogens is 2. The van der Waals surface area contributed by atoms with Gasteiger partial charge in [0.2, 0.25) is 0 Å². The van der Waals surface area contributed by atoms with Gasteiger partial charge in [-0.2, -0.15) is 31.4 Å². The smallest absolute Gasteiger partial charge is 0.416 e. The zero-order chi connectivity index (χ0) is 23.1. The highest BCUT2D eigenvalue weighted by atomic mass is 19.4. The number of nitrogens with one attached hydrogen (secondary N) is 2. The summed E-state index contributed by atoms with van der Waals surface area (Å²) in [4.78, 5) is 32.6. The van der Waals surface area contributed by atoms with Gasteiger partial charge < -0.3 is 10.4 Å². The molecule has 4 rings (SSSR count). The fourth-order valence-corrected chi connectivity index (χ4v) is 2.68. The predicted octanol–water partition coefficient (Wildman–Crippen LogP) is 4.12. The number of nitrogens with zero attached hydrogens (tertiary/aromatic N) is 1. The lowest BCUT2D eigenvalue weighted by atomic mass is 10.1. The number of Topliss-reactive ketones (excluding diaryl/α,β-unsaturated/α-hetero) is 1. The van der Waals surface area contributed by atoms with E-state index in [9.17, 15) is 40.7 Å². The number of carbonyl (C=O) groups excluding carboxylic acids is 2. The highest BCUT2D eigenvalue weighted by molar-refractivity contribution is 6.51. The topological polar surface area (TPSA) is 112 Å². The minimum atomic E-state index is -4.48. The van der Waals surface area contributed by atoms with Gasteiger partial charge in [-0.25, -0.2) is 4.79 Å². The Labute approximate surface area is 167 Å². The monoisotopic (exact) mass is 445 g/mol. The third kappa shape index (κ3) is 4.34. The molecule has 2 aromatic carbocycles. The van der Waals surface area contributed by atoms with Crippen LogP contribution in [0.25, 0.3) is 10.9 Å². The minimum Gasteiger partial charge on any atom is -0.476 e. The minimum absolute atomic E-state index is 0.0204. The number of halogens is 6. The summed E-state index contributed by atoms with van der Waals surface area (Å²) in [5.74, 6) is -2.99. The Morgan fingerprint density at radius 2 is 1.48 bits per heavy atom. The molecule has 1 aliphatic heterocycles. The Morgan fingerprint density at radius 1 is 0.903 bits per heavy atom. The largest absolute Gasteiger partial charge is 0.476 e. The molecule has 13 heteroatoms. The number of carboxylic acids is 1. The van der Waals surface area contributed by atoms with Gasteiger partial charge in [0.25, 0.3) is 11.7 Å². The molecule has 1 aromatic heterocycles. The lowest BCUT2D eigenvalue weighted by Crippen LogP contribution is -2.12. The Balaban J connectivity index is 0.000000176. The molecule has 2 heterocycles. The molecule has 0 unspecified atom stereocenters. The van der Waals surface area contributed by atoms with Crippen molar-refractivity contribution in [1.82, 2.24) is 10.2 Å². The molecular weight excluding hydrogens is 436 g/mol. The molecule has 31 heavy (non-hydrogen) atoms. The number of anilines is 1. The number of alkyl halides is 6. The van der Waals surface area contributed by atoms with E-state index in [1.807, 2.05) is 0 Å². The molecule has 0 bridgehead atoms. The van der Waals surface area contributed by atoms with Crippen LogP contribution in [0.15, 0.2) is 36.4 Å². The van der Waals surface area contributed by atoms with E-state index in [1.165, 1.54) is 0 Å². The van der Waals surface area contributed by atoms with E-state index in [2.05, 4.69) is 15.5 Å². The number of rotatable bonds is 1. The number of carbonyl (C=O) groups is 3. The zero-order valence-electron chi connectivity index (χ0n) is 14.9. The number of benzene rings is 2. The van der Waals surface area contributed by atoms with Crippen LogP contribution < -0.4 is 5.32 Å². The highest BCUT2D eigenvalue weighted by Gasteiger charge is 2.35. The molecule has 0 fully saturated rings. The predicted molar refractivity (Wildman–Crippen MR) is 92.5 cm³/mol. The normalized spacial score (nSPS) is 13.5. The molecule has 0 radical (unpaired) electrons. The fourth-order valence-electron chi connectivity index (χ4n) is 2.68. The molecule has 0 saturated carbocycles. The van der Waals surface area contributed by atoms with Crippen LogP contribution in [0.2, 0.25) is 0 Å². The number of fused-ring (bicyclic) bond motifs is 2. The van der Waals surface area contributed by atoms with Gasteiger partial charge in [-0.3, -0.25) is 14.7 Å². The van der Waals surface area contributed by atoms with E-state index < -0.39 is 41.1 Å². The van der Waals surface area contributed by atoms with Crippen LogP contribution in [0, 0.1) is 0 Å². The van der Waals surface area contributed by atoms with Crippen LogP contribution in [0.1, 0.15) is 32.0 Å². The van der Waals surface area contributed by atoms with Gasteiger partial charge in [0, 0.05) is 5.39 Å². The van der Waals surface area contributed by atoms with Crippen molar-refractivity contribution in [1.29, 1.82) is 0 Å². The number of carboxylic acid groups (broad SMARTS) is 1. The van der Waals surface area contributed by atoms with Crippen LogP contribution >= 0.6 is 0 Å². The number of amides is 1. The summed E-state index contributed by atoms with van der Waals surface area (Å²) in [5.41, 5.74) is -2.08. The quantitative estimate of drug-likeness (QED) is 0.385. The molecule has 162 valence electrons. The maximum Gasteiger partial charge on any atom is 0.416 e. The van der Waals surface area contributed by atoms with Gasteiger partial charge in [0.15, 0.2) is 5.69 Å². The van der Waals surface area contributed by atoms with Crippen molar-refractivity contribution >= 4 is 34.3 Å². The van der Waals surface area contributed by atoms with Crippen LogP contribution in [-0.2, 0) is 17.1 Å². The summed E-state index contributed by atoms with van der Waals surface area (Å²) in [6.45, 7) is 0. The maximum atomic E-state index is 12.3. The first-order valence-electron chi connectivity index (χ1n) is 8.14. The van der Waals surface area contributed by atoms with E-state index in [0.29, 0.717) is 0 Å². The lowest BCUT2D eigenvalue weighted by molar-refractivity contribution is -0.138. The molecule has 0 spiro atoms. The van der Waals surface area contributed by atoms with E-state index in [0.717, 1.165) is 36.4 Å². The maximum absolute atomic E-state index is 12.3. The highest BCUT2D eigenvalue weighted by Crippen LogP contribution is 2.34. The third-order valence-electron chi connectivity index (χ3n) is 4.14. The Morgan fingerprint density at radius 3 is 2.06 bits per heavy atom. The van der Waals surface area contributed by atoms with Crippen molar-refractivity contribution in [2.45, 2.75) is 12.4 Å². The van der Waals surface area contributed by atoms with Crippen molar-refractivity contribution in [3.8, 4) is 0 Å². The Bertz CT molecular complexity index is 1210. The van der Waals surface area contributed by atoms with Crippen molar-refractivity contribution < 1.29 is 45.8 Å². The number of hydrogen-bond acceptors (Lipinski definition) is 4. The molecule has 0 aliphatic carbocycles. The van der Waals surface area contributed by atoms with Crippen molar-refractivity contribution in [2.24, 2.45) is 0 Å². The first-order valence-corrected chi connectivity index (χ1v) is 8.14. The number of hydrogen-bond donors (Lipinski definition) is 3.